The average Bonchev–Trinajstić information content (AvgIpc) is 3.01. The summed E-state index contributed by atoms with van der Waals surface area (Å²) in [7, 11) is 0. The van der Waals surface area contributed by atoms with Gasteiger partial charge in [-0.1, -0.05) is 33.3 Å². The van der Waals surface area contributed by atoms with E-state index in [-0.39, 0.29) is 17.4 Å². The molecular formula is C21H32N2O3S. The van der Waals surface area contributed by atoms with Gasteiger partial charge >= 0.3 is 12.0 Å². The molecule has 150 valence electrons. The minimum atomic E-state index is -0.526. The number of hydrogen-bond acceptors (Lipinski definition) is 4. The van der Waals surface area contributed by atoms with Gasteiger partial charge in [0.25, 0.3) is 0 Å². The van der Waals surface area contributed by atoms with Crippen LogP contribution in [-0.4, -0.2) is 40.7 Å². The zero-order chi connectivity index (χ0) is 20.0. The predicted octanol–water partition coefficient (Wildman–Crippen LogP) is 4.97. The molecule has 1 aromatic rings. The van der Waals surface area contributed by atoms with Crippen LogP contribution in [0.25, 0.3) is 0 Å². The number of rotatable bonds is 7. The van der Waals surface area contributed by atoms with Crippen molar-refractivity contribution in [3.8, 4) is 0 Å². The lowest BCUT2D eigenvalue weighted by atomic mass is 10.1. The highest BCUT2D eigenvalue weighted by Gasteiger charge is 2.42. The SMILES string of the molecule is CCCCOC(=O)C1CSC(CC(C)C)N1C(=O)Nc1ccc(C)c(C)c1. The predicted molar refractivity (Wildman–Crippen MR) is 112 cm³/mol. The highest BCUT2D eigenvalue weighted by atomic mass is 32.2. The number of urea groups is 1. The zero-order valence-electron chi connectivity index (χ0n) is 17.1. The largest absolute Gasteiger partial charge is 0.464 e. The zero-order valence-corrected chi connectivity index (χ0v) is 17.9. The van der Waals surface area contributed by atoms with Gasteiger partial charge in [-0.05, 0) is 55.9 Å². The Labute approximate surface area is 167 Å². The summed E-state index contributed by atoms with van der Waals surface area (Å²) in [5.41, 5.74) is 3.05. The van der Waals surface area contributed by atoms with Gasteiger partial charge in [-0.15, -0.1) is 11.8 Å². The second-order valence-electron chi connectivity index (χ2n) is 7.59. The van der Waals surface area contributed by atoms with E-state index in [9.17, 15) is 9.59 Å². The quantitative estimate of drug-likeness (QED) is 0.526. The summed E-state index contributed by atoms with van der Waals surface area (Å²) in [4.78, 5) is 27.3. The van der Waals surface area contributed by atoms with Crippen LogP contribution < -0.4 is 5.32 Å². The highest BCUT2D eigenvalue weighted by Crippen LogP contribution is 2.34. The molecular weight excluding hydrogens is 360 g/mol. The molecule has 0 spiro atoms. The number of aryl methyl sites for hydroxylation is 2. The summed E-state index contributed by atoms with van der Waals surface area (Å²) < 4.78 is 5.41. The molecule has 1 saturated heterocycles. The molecule has 2 rings (SSSR count). The third-order valence-electron chi connectivity index (χ3n) is 4.77. The van der Waals surface area contributed by atoms with E-state index in [0.717, 1.165) is 30.5 Å². The molecule has 2 amide bonds. The number of esters is 1. The van der Waals surface area contributed by atoms with Crippen molar-refractivity contribution in [2.45, 2.75) is 65.3 Å². The molecule has 1 fully saturated rings. The second-order valence-corrected chi connectivity index (χ2v) is 8.80. The van der Waals surface area contributed by atoms with Crippen molar-refractivity contribution in [3.05, 3.63) is 29.3 Å². The first-order chi connectivity index (χ1) is 12.8. The lowest BCUT2D eigenvalue weighted by Crippen LogP contribution is -2.48. The number of amides is 2. The Hall–Kier alpha value is -1.69. The fourth-order valence-corrected chi connectivity index (χ4v) is 4.65. The van der Waals surface area contributed by atoms with Gasteiger partial charge in [0.05, 0.1) is 12.0 Å². The van der Waals surface area contributed by atoms with Gasteiger partial charge in [-0.2, -0.15) is 0 Å². The molecule has 1 aromatic carbocycles. The monoisotopic (exact) mass is 392 g/mol. The number of unbranched alkanes of at least 4 members (excludes halogenated alkanes) is 1. The molecule has 0 aliphatic carbocycles. The smallest absolute Gasteiger partial charge is 0.329 e. The Morgan fingerprint density at radius 3 is 2.67 bits per heavy atom. The molecule has 1 aliphatic heterocycles. The van der Waals surface area contributed by atoms with Crippen molar-refractivity contribution in [1.82, 2.24) is 4.90 Å². The average molecular weight is 393 g/mol. The van der Waals surface area contributed by atoms with Crippen LogP contribution >= 0.6 is 11.8 Å². The van der Waals surface area contributed by atoms with Crippen molar-refractivity contribution in [1.29, 1.82) is 0 Å². The maximum atomic E-state index is 13.0. The third-order valence-corrected chi connectivity index (χ3v) is 6.09. The van der Waals surface area contributed by atoms with Crippen molar-refractivity contribution in [2.24, 2.45) is 5.92 Å². The van der Waals surface area contributed by atoms with Crippen molar-refractivity contribution < 1.29 is 14.3 Å². The second kappa shape index (κ2) is 10.0. The van der Waals surface area contributed by atoms with Gasteiger partial charge in [0.15, 0.2) is 0 Å². The van der Waals surface area contributed by atoms with Gasteiger partial charge in [-0.3, -0.25) is 4.90 Å². The van der Waals surface area contributed by atoms with Crippen LogP contribution in [0.5, 0.6) is 0 Å². The number of ether oxygens (including phenoxy) is 1. The Bertz CT molecular complexity index is 663. The summed E-state index contributed by atoms with van der Waals surface area (Å²) in [6, 6.07) is 5.09. The number of carbonyl (C=O) groups is 2. The molecule has 0 bridgehead atoms. The Balaban J connectivity index is 2.14. The summed E-state index contributed by atoms with van der Waals surface area (Å²) >= 11 is 1.66. The van der Waals surface area contributed by atoms with E-state index in [1.54, 1.807) is 16.7 Å². The number of anilines is 1. The van der Waals surface area contributed by atoms with Crippen molar-refractivity contribution in [2.75, 3.05) is 17.7 Å². The lowest BCUT2D eigenvalue weighted by Gasteiger charge is -2.29. The maximum Gasteiger partial charge on any atom is 0.329 e. The molecule has 2 unspecified atom stereocenters. The third kappa shape index (κ3) is 5.89. The molecule has 27 heavy (non-hydrogen) atoms. The van der Waals surface area contributed by atoms with E-state index >= 15 is 0 Å². The van der Waals surface area contributed by atoms with E-state index in [1.165, 1.54) is 5.56 Å². The molecule has 5 nitrogen and oxygen atoms in total. The first-order valence-electron chi connectivity index (χ1n) is 9.78. The van der Waals surface area contributed by atoms with Crippen LogP contribution in [0.1, 0.15) is 51.2 Å². The minimum Gasteiger partial charge on any atom is -0.464 e. The van der Waals surface area contributed by atoms with Gasteiger partial charge in [-0.25, -0.2) is 9.59 Å². The van der Waals surface area contributed by atoms with Gasteiger partial charge < -0.3 is 10.1 Å². The molecule has 1 N–H and O–H groups in total. The van der Waals surface area contributed by atoms with Crippen LogP contribution in [0.3, 0.4) is 0 Å². The highest BCUT2D eigenvalue weighted by molar-refractivity contribution is 8.00. The van der Waals surface area contributed by atoms with E-state index < -0.39 is 6.04 Å². The maximum absolute atomic E-state index is 13.0. The molecule has 6 heteroatoms. The van der Waals surface area contributed by atoms with Gasteiger partial charge in [0.1, 0.15) is 6.04 Å². The van der Waals surface area contributed by atoms with E-state index in [1.807, 2.05) is 32.0 Å². The van der Waals surface area contributed by atoms with Crippen molar-refractivity contribution in [3.63, 3.8) is 0 Å². The normalized spacial score (nSPS) is 19.4. The Morgan fingerprint density at radius 1 is 1.30 bits per heavy atom. The Morgan fingerprint density at radius 2 is 2.04 bits per heavy atom. The van der Waals surface area contributed by atoms with Crippen molar-refractivity contribution >= 4 is 29.4 Å². The van der Waals surface area contributed by atoms with E-state index in [2.05, 4.69) is 26.1 Å². The van der Waals surface area contributed by atoms with Gasteiger partial charge in [0.2, 0.25) is 0 Å². The minimum absolute atomic E-state index is 0.0136. The molecule has 1 heterocycles. The van der Waals surface area contributed by atoms with E-state index in [4.69, 9.17) is 4.74 Å². The number of thioether (sulfide) groups is 1. The van der Waals surface area contributed by atoms with Crippen LogP contribution in [-0.2, 0) is 9.53 Å². The topological polar surface area (TPSA) is 58.6 Å². The molecule has 0 radical (unpaired) electrons. The summed E-state index contributed by atoms with van der Waals surface area (Å²) in [6.07, 6.45) is 2.67. The first-order valence-corrected chi connectivity index (χ1v) is 10.8. The fraction of sp³-hybridized carbons (Fsp3) is 0.619. The number of nitrogens with one attached hydrogen (secondary N) is 1. The molecule has 1 aliphatic rings. The fourth-order valence-electron chi connectivity index (χ4n) is 3.02. The number of carbonyl (C=O) groups excluding carboxylic acids is 2. The van der Waals surface area contributed by atoms with Crippen LogP contribution in [0.4, 0.5) is 10.5 Å². The summed E-state index contributed by atoms with van der Waals surface area (Å²) in [5.74, 6) is 0.731. The number of benzene rings is 1. The molecule has 2 atom stereocenters. The van der Waals surface area contributed by atoms with Crippen LogP contribution in [0.15, 0.2) is 18.2 Å². The Kier molecular flexibility index (Phi) is 8.02. The van der Waals surface area contributed by atoms with Crippen LogP contribution in [0.2, 0.25) is 0 Å². The van der Waals surface area contributed by atoms with Gasteiger partial charge in [0, 0.05) is 11.4 Å². The summed E-state index contributed by atoms with van der Waals surface area (Å²) in [5, 5.41) is 2.96. The standard InChI is InChI=1S/C21H32N2O3S/c1-6-7-10-26-20(24)18-13-27-19(11-14(2)3)23(18)21(25)22-17-9-8-15(4)16(5)12-17/h8-9,12,14,18-19H,6-7,10-11,13H2,1-5H3,(H,22,25). The molecule has 0 aromatic heterocycles. The first kappa shape index (κ1) is 21.6. The molecule has 0 saturated carbocycles. The summed E-state index contributed by atoms with van der Waals surface area (Å²) in [6.45, 7) is 10.8. The lowest BCUT2D eigenvalue weighted by molar-refractivity contribution is -0.148. The van der Waals surface area contributed by atoms with E-state index in [0.29, 0.717) is 18.3 Å². The number of hydrogen-bond donors (Lipinski definition) is 1. The number of nitrogens with zero attached hydrogens (tertiary/aromatic N) is 1. The van der Waals surface area contributed by atoms with Crippen LogP contribution in [0, 0.1) is 19.8 Å².